The summed E-state index contributed by atoms with van der Waals surface area (Å²) in [5, 5.41) is 0. The number of rotatable bonds is 7. The second-order valence-corrected chi connectivity index (χ2v) is 9.97. The van der Waals surface area contributed by atoms with E-state index >= 15 is 0 Å². The summed E-state index contributed by atoms with van der Waals surface area (Å²) < 4.78 is 8.35. The first-order valence-electron chi connectivity index (χ1n) is 13.5. The first-order valence-corrected chi connectivity index (χ1v) is 13.5. The summed E-state index contributed by atoms with van der Waals surface area (Å²) in [6.45, 7) is 6.08. The van der Waals surface area contributed by atoms with E-state index in [-0.39, 0.29) is 5.91 Å². The van der Waals surface area contributed by atoms with Crippen LogP contribution in [0.2, 0.25) is 0 Å². The number of anilines is 1. The second-order valence-electron chi connectivity index (χ2n) is 9.97. The van der Waals surface area contributed by atoms with Gasteiger partial charge in [-0.2, -0.15) is 0 Å². The maximum absolute atomic E-state index is 13.1. The summed E-state index contributed by atoms with van der Waals surface area (Å²) in [7, 11) is 0. The van der Waals surface area contributed by atoms with Gasteiger partial charge >= 0.3 is 0 Å². The van der Waals surface area contributed by atoms with Crippen LogP contribution in [-0.4, -0.2) is 46.5 Å². The molecule has 1 aliphatic rings. The maximum Gasteiger partial charge on any atom is 0.254 e. The molecule has 1 aromatic heterocycles. The molecule has 4 aromatic carbocycles. The van der Waals surface area contributed by atoms with Crippen LogP contribution in [0.25, 0.3) is 11.0 Å². The normalized spacial score (nSPS) is 13.6. The van der Waals surface area contributed by atoms with Gasteiger partial charge in [0.1, 0.15) is 18.2 Å². The smallest absolute Gasteiger partial charge is 0.254 e. The summed E-state index contributed by atoms with van der Waals surface area (Å²) in [6.07, 6.45) is 0. The molecule has 1 amide bonds. The highest BCUT2D eigenvalue weighted by atomic mass is 16.5. The zero-order valence-corrected chi connectivity index (χ0v) is 22.2. The van der Waals surface area contributed by atoms with Gasteiger partial charge in [-0.15, -0.1) is 0 Å². The quantitative estimate of drug-likeness (QED) is 0.269. The van der Waals surface area contributed by atoms with Gasteiger partial charge in [-0.25, -0.2) is 4.98 Å². The lowest BCUT2D eigenvalue weighted by molar-refractivity contribution is 0.0746. The summed E-state index contributed by atoms with van der Waals surface area (Å²) in [6, 6.07) is 34.6. The van der Waals surface area contributed by atoms with Gasteiger partial charge in [-0.05, 0) is 54.4 Å². The molecule has 2 heterocycles. The van der Waals surface area contributed by atoms with Crippen molar-refractivity contribution in [2.24, 2.45) is 0 Å². The number of nitrogens with zero attached hydrogens (tertiary/aromatic N) is 4. The first-order chi connectivity index (χ1) is 19.2. The highest BCUT2D eigenvalue weighted by molar-refractivity contribution is 5.95. The fraction of sp³-hybridized carbons (Fsp3) is 0.212. The van der Waals surface area contributed by atoms with Crippen molar-refractivity contribution < 1.29 is 9.53 Å². The summed E-state index contributed by atoms with van der Waals surface area (Å²) in [4.78, 5) is 22.4. The number of hydrogen-bond acceptors (Lipinski definition) is 4. The van der Waals surface area contributed by atoms with Crippen LogP contribution in [0.5, 0.6) is 5.75 Å². The van der Waals surface area contributed by atoms with Crippen LogP contribution in [0.15, 0.2) is 103 Å². The fourth-order valence-corrected chi connectivity index (χ4v) is 5.23. The van der Waals surface area contributed by atoms with Crippen molar-refractivity contribution in [1.82, 2.24) is 14.5 Å². The zero-order valence-electron chi connectivity index (χ0n) is 22.2. The molecule has 0 radical (unpaired) electrons. The molecule has 5 aromatic rings. The molecule has 0 spiro atoms. The van der Waals surface area contributed by atoms with Gasteiger partial charge in [0.25, 0.3) is 5.91 Å². The van der Waals surface area contributed by atoms with Gasteiger partial charge in [0, 0.05) is 44.0 Å². The van der Waals surface area contributed by atoms with E-state index in [0.717, 1.165) is 52.5 Å². The van der Waals surface area contributed by atoms with Crippen molar-refractivity contribution in [3.05, 3.63) is 126 Å². The Balaban J connectivity index is 1.24. The number of piperazine rings is 1. The van der Waals surface area contributed by atoms with Gasteiger partial charge in [0.2, 0.25) is 0 Å². The summed E-state index contributed by atoms with van der Waals surface area (Å²) in [5.74, 6) is 1.84. The van der Waals surface area contributed by atoms with Crippen LogP contribution in [0, 0.1) is 6.92 Å². The van der Waals surface area contributed by atoms with E-state index in [1.807, 2.05) is 72.5 Å². The lowest BCUT2D eigenvalue weighted by Crippen LogP contribution is -2.48. The molecule has 1 saturated heterocycles. The lowest BCUT2D eigenvalue weighted by atomic mass is 10.1. The van der Waals surface area contributed by atoms with Crippen molar-refractivity contribution in [1.29, 1.82) is 0 Å². The van der Waals surface area contributed by atoms with E-state index in [1.165, 1.54) is 5.56 Å². The molecule has 6 heteroatoms. The maximum atomic E-state index is 13.1. The SMILES string of the molecule is Cc1ccccc1C(=O)N1CCN(c2ccc3nc(COc4ccccc4)n(Cc4ccccc4)c3c2)CC1. The van der Waals surface area contributed by atoms with Crippen molar-refractivity contribution in [3.8, 4) is 5.75 Å². The molecule has 0 unspecified atom stereocenters. The number of aryl methyl sites for hydroxylation is 1. The summed E-state index contributed by atoms with van der Waals surface area (Å²) in [5.41, 5.74) is 6.22. The van der Waals surface area contributed by atoms with Gasteiger partial charge in [-0.3, -0.25) is 4.79 Å². The lowest BCUT2D eigenvalue weighted by Gasteiger charge is -2.36. The third-order valence-electron chi connectivity index (χ3n) is 7.41. The molecule has 0 bridgehead atoms. The topological polar surface area (TPSA) is 50.6 Å². The highest BCUT2D eigenvalue weighted by Crippen LogP contribution is 2.26. The number of amides is 1. The second kappa shape index (κ2) is 11.0. The van der Waals surface area contributed by atoms with E-state index in [2.05, 4.69) is 51.9 Å². The van der Waals surface area contributed by atoms with Crippen LogP contribution in [0.4, 0.5) is 5.69 Å². The number of ether oxygens (including phenoxy) is 1. The van der Waals surface area contributed by atoms with Crippen molar-refractivity contribution in [2.45, 2.75) is 20.1 Å². The Morgan fingerprint density at radius 3 is 2.26 bits per heavy atom. The average Bonchev–Trinajstić information content (AvgIpc) is 3.33. The predicted octanol–water partition coefficient (Wildman–Crippen LogP) is 5.93. The minimum absolute atomic E-state index is 0.118. The molecule has 39 heavy (non-hydrogen) atoms. The molecular weight excluding hydrogens is 484 g/mol. The third kappa shape index (κ3) is 5.36. The molecule has 0 N–H and O–H groups in total. The van der Waals surface area contributed by atoms with E-state index < -0.39 is 0 Å². The highest BCUT2D eigenvalue weighted by Gasteiger charge is 2.24. The number of fused-ring (bicyclic) bond motifs is 1. The number of aromatic nitrogens is 2. The van der Waals surface area contributed by atoms with Crippen LogP contribution in [0.1, 0.15) is 27.3 Å². The fourth-order valence-electron chi connectivity index (χ4n) is 5.23. The van der Waals surface area contributed by atoms with Crippen LogP contribution < -0.4 is 9.64 Å². The van der Waals surface area contributed by atoms with Crippen LogP contribution in [0.3, 0.4) is 0 Å². The minimum atomic E-state index is 0.118. The number of hydrogen-bond donors (Lipinski definition) is 0. The molecular formula is C33H32N4O2. The van der Waals surface area contributed by atoms with Gasteiger partial charge in [-0.1, -0.05) is 66.7 Å². The summed E-state index contributed by atoms with van der Waals surface area (Å²) >= 11 is 0. The molecule has 0 saturated carbocycles. The van der Waals surface area contributed by atoms with Gasteiger partial charge < -0.3 is 19.1 Å². The van der Waals surface area contributed by atoms with Gasteiger partial charge in [0.15, 0.2) is 0 Å². The Morgan fingerprint density at radius 2 is 1.51 bits per heavy atom. The number of para-hydroxylation sites is 1. The largest absolute Gasteiger partial charge is 0.486 e. The van der Waals surface area contributed by atoms with E-state index in [9.17, 15) is 4.79 Å². The molecule has 196 valence electrons. The Kier molecular flexibility index (Phi) is 7.00. The Labute approximate surface area is 229 Å². The standard InChI is InChI=1S/C33H32N4O2/c1-25-10-8-9-15-29(25)33(38)36-20-18-35(19-21-36)27-16-17-30-31(22-27)37(23-26-11-4-2-5-12-26)32(34-30)24-39-28-13-6-3-7-14-28/h2-17,22H,18-21,23-24H2,1H3. The molecule has 0 atom stereocenters. The molecule has 1 aliphatic heterocycles. The monoisotopic (exact) mass is 516 g/mol. The van der Waals surface area contributed by atoms with E-state index in [0.29, 0.717) is 26.2 Å². The molecule has 6 nitrogen and oxygen atoms in total. The Morgan fingerprint density at radius 1 is 0.821 bits per heavy atom. The van der Waals surface area contributed by atoms with Crippen LogP contribution >= 0.6 is 0 Å². The number of imidazole rings is 1. The Bertz CT molecular complexity index is 1570. The minimum Gasteiger partial charge on any atom is -0.486 e. The zero-order chi connectivity index (χ0) is 26.6. The molecule has 0 aliphatic carbocycles. The third-order valence-corrected chi connectivity index (χ3v) is 7.41. The predicted molar refractivity (Wildman–Crippen MR) is 155 cm³/mol. The first kappa shape index (κ1) is 24.7. The van der Waals surface area contributed by atoms with Crippen molar-refractivity contribution in [2.75, 3.05) is 31.1 Å². The molecule has 1 fully saturated rings. The van der Waals surface area contributed by atoms with Crippen LogP contribution in [-0.2, 0) is 13.2 Å². The number of carbonyl (C=O) groups excluding carboxylic acids is 1. The molecule has 6 rings (SSSR count). The van der Waals surface area contributed by atoms with Crippen molar-refractivity contribution in [3.63, 3.8) is 0 Å². The number of carbonyl (C=O) groups is 1. The van der Waals surface area contributed by atoms with E-state index in [4.69, 9.17) is 9.72 Å². The Hall–Kier alpha value is -4.58. The van der Waals surface area contributed by atoms with E-state index in [1.54, 1.807) is 0 Å². The number of benzene rings is 4. The van der Waals surface area contributed by atoms with Crippen molar-refractivity contribution >= 4 is 22.6 Å². The van der Waals surface area contributed by atoms with Gasteiger partial charge in [0.05, 0.1) is 11.0 Å². The average molecular weight is 517 g/mol.